The molecule has 5 rings (SSSR count). The number of hydrogen-bond donors (Lipinski definition) is 3. The second kappa shape index (κ2) is 7.56. The third-order valence-electron chi connectivity index (χ3n) is 5.04. The molecule has 1 saturated heterocycles. The molecule has 0 atom stereocenters. The Morgan fingerprint density at radius 3 is 2.73 bits per heavy atom. The first-order valence-corrected chi connectivity index (χ1v) is 10.5. The fourth-order valence-electron chi connectivity index (χ4n) is 3.32. The van der Waals surface area contributed by atoms with Gasteiger partial charge in [-0.3, -0.25) is 14.9 Å². The molecule has 0 bridgehead atoms. The molecular formula is C21H19BrN6O2. The average molecular weight is 467 g/mol. The van der Waals surface area contributed by atoms with E-state index in [4.69, 9.17) is 4.98 Å². The molecule has 2 aromatic heterocycles. The van der Waals surface area contributed by atoms with Crippen LogP contribution in [0.15, 0.2) is 46.6 Å². The monoisotopic (exact) mass is 466 g/mol. The van der Waals surface area contributed by atoms with E-state index in [1.54, 1.807) is 16.8 Å². The Morgan fingerprint density at radius 2 is 2.03 bits per heavy atom. The first kappa shape index (κ1) is 18.8. The number of aromatic nitrogens is 3. The van der Waals surface area contributed by atoms with E-state index < -0.39 is 0 Å². The maximum Gasteiger partial charge on any atom is 0.254 e. The molecule has 1 aliphatic carbocycles. The fraction of sp³-hybridized carbons (Fsp3) is 0.238. The van der Waals surface area contributed by atoms with Gasteiger partial charge in [-0.2, -0.15) is 9.61 Å². The van der Waals surface area contributed by atoms with Crippen LogP contribution in [0.2, 0.25) is 0 Å². The van der Waals surface area contributed by atoms with Crippen LogP contribution in [0.1, 0.15) is 30.4 Å². The summed E-state index contributed by atoms with van der Waals surface area (Å²) in [6.45, 7) is 0.626. The fourth-order valence-corrected chi connectivity index (χ4v) is 3.58. The predicted octanol–water partition coefficient (Wildman–Crippen LogP) is 3.11. The number of imide groups is 1. The Bertz CT molecular complexity index is 1180. The summed E-state index contributed by atoms with van der Waals surface area (Å²) >= 11 is 3.45. The van der Waals surface area contributed by atoms with Gasteiger partial charge in [-0.05, 0) is 36.6 Å². The second-order valence-electron chi connectivity index (χ2n) is 7.48. The highest BCUT2D eigenvalue weighted by Gasteiger charge is 2.25. The van der Waals surface area contributed by atoms with Crippen LogP contribution < -0.4 is 16.0 Å². The maximum absolute atomic E-state index is 11.9. The van der Waals surface area contributed by atoms with Crippen molar-refractivity contribution >= 4 is 51.1 Å². The minimum absolute atomic E-state index is 0.0743. The number of hydrogen-bond acceptors (Lipinski definition) is 6. The molecule has 152 valence electrons. The van der Waals surface area contributed by atoms with Gasteiger partial charge in [0.2, 0.25) is 5.91 Å². The third kappa shape index (κ3) is 3.93. The van der Waals surface area contributed by atoms with Crippen molar-refractivity contribution < 1.29 is 9.59 Å². The molecule has 3 N–H and O–H groups in total. The highest BCUT2D eigenvalue weighted by Crippen LogP contribution is 2.28. The van der Waals surface area contributed by atoms with Crippen molar-refractivity contribution in [3.05, 3.63) is 57.7 Å². The molecule has 1 aliphatic heterocycles. The number of carbonyl (C=O) groups is 2. The van der Waals surface area contributed by atoms with Crippen molar-refractivity contribution in [2.24, 2.45) is 0 Å². The lowest BCUT2D eigenvalue weighted by Gasteiger charge is -2.12. The van der Waals surface area contributed by atoms with E-state index in [1.807, 2.05) is 30.3 Å². The summed E-state index contributed by atoms with van der Waals surface area (Å²) in [5, 5.41) is 13.6. The molecule has 0 radical (unpaired) electrons. The zero-order valence-electron chi connectivity index (χ0n) is 16.0. The predicted molar refractivity (Wildman–Crippen MR) is 117 cm³/mol. The van der Waals surface area contributed by atoms with Gasteiger partial charge in [0.25, 0.3) is 5.91 Å². The van der Waals surface area contributed by atoms with E-state index in [2.05, 4.69) is 37.0 Å². The lowest BCUT2D eigenvalue weighted by molar-refractivity contribution is -0.124. The van der Waals surface area contributed by atoms with Crippen molar-refractivity contribution in [1.82, 2.24) is 19.9 Å². The van der Waals surface area contributed by atoms with Crippen LogP contribution in [0.5, 0.6) is 0 Å². The number of nitrogens with zero attached hydrogens (tertiary/aromatic N) is 3. The molecule has 1 aromatic carbocycles. The van der Waals surface area contributed by atoms with E-state index in [1.165, 1.54) is 0 Å². The molecule has 8 nitrogen and oxygen atoms in total. The number of halogens is 1. The molecule has 1 saturated carbocycles. The molecule has 3 aromatic rings. The molecule has 3 heterocycles. The van der Waals surface area contributed by atoms with Crippen molar-refractivity contribution in [3.8, 4) is 0 Å². The van der Waals surface area contributed by atoms with Gasteiger partial charge in [0.1, 0.15) is 11.6 Å². The summed E-state index contributed by atoms with van der Waals surface area (Å²) in [6.07, 6.45) is 5.69. The molecule has 9 heteroatoms. The normalized spacial score (nSPS) is 17.6. The number of nitrogens with one attached hydrogen (secondary N) is 3. The highest BCUT2D eigenvalue weighted by atomic mass is 79.9. The Morgan fingerprint density at radius 1 is 1.23 bits per heavy atom. The zero-order chi connectivity index (χ0) is 20.7. The smallest absolute Gasteiger partial charge is 0.254 e. The molecule has 30 heavy (non-hydrogen) atoms. The average Bonchev–Trinajstić information content (AvgIpc) is 3.36. The zero-order valence-corrected chi connectivity index (χ0v) is 17.6. The van der Waals surface area contributed by atoms with Gasteiger partial charge < -0.3 is 10.6 Å². The third-order valence-corrected chi connectivity index (χ3v) is 5.57. The summed E-state index contributed by atoms with van der Waals surface area (Å²) < 4.78 is 2.78. The Labute approximate surface area is 180 Å². The molecule has 0 spiro atoms. The SMILES string of the molecule is O=C1C/C(=C\c2cnn3c(NC4CC4)cc(NCc4ccc(Br)cc4)nc23)C(=O)N1. The number of amides is 2. The van der Waals surface area contributed by atoms with E-state index in [-0.39, 0.29) is 18.2 Å². The Hall–Kier alpha value is -3.20. The van der Waals surface area contributed by atoms with Gasteiger partial charge >= 0.3 is 0 Å². The summed E-state index contributed by atoms with van der Waals surface area (Å²) in [5.41, 5.74) is 2.87. The van der Waals surface area contributed by atoms with Gasteiger partial charge in [0.15, 0.2) is 5.65 Å². The number of anilines is 2. The van der Waals surface area contributed by atoms with Gasteiger partial charge in [0, 0.05) is 34.3 Å². The van der Waals surface area contributed by atoms with Crippen molar-refractivity contribution in [2.75, 3.05) is 10.6 Å². The maximum atomic E-state index is 11.9. The van der Waals surface area contributed by atoms with Crippen LogP contribution in [0.25, 0.3) is 11.7 Å². The van der Waals surface area contributed by atoms with E-state index in [0.29, 0.717) is 35.2 Å². The van der Waals surface area contributed by atoms with E-state index in [0.717, 1.165) is 28.7 Å². The van der Waals surface area contributed by atoms with Crippen LogP contribution >= 0.6 is 15.9 Å². The lowest BCUT2D eigenvalue weighted by atomic mass is 10.1. The number of rotatable bonds is 6. The number of benzene rings is 1. The molecule has 2 fully saturated rings. The summed E-state index contributed by atoms with van der Waals surface area (Å²) in [7, 11) is 0. The molecule has 0 unspecified atom stereocenters. The molecule has 2 aliphatic rings. The van der Waals surface area contributed by atoms with Crippen LogP contribution in [-0.2, 0) is 16.1 Å². The van der Waals surface area contributed by atoms with Gasteiger partial charge in [0.05, 0.1) is 12.6 Å². The summed E-state index contributed by atoms with van der Waals surface area (Å²) in [6, 6.07) is 10.5. The van der Waals surface area contributed by atoms with Gasteiger partial charge in [-0.25, -0.2) is 4.98 Å². The first-order valence-electron chi connectivity index (χ1n) is 9.73. The second-order valence-corrected chi connectivity index (χ2v) is 8.40. The Kier molecular flexibility index (Phi) is 4.74. The highest BCUT2D eigenvalue weighted by molar-refractivity contribution is 9.10. The van der Waals surface area contributed by atoms with Crippen LogP contribution in [0.4, 0.5) is 11.6 Å². The van der Waals surface area contributed by atoms with Crippen LogP contribution in [-0.4, -0.2) is 32.5 Å². The topological polar surface area (TPSA) is 100 Å². The van der Waals surface area contributed by atoms with Crippen LogP contribution in [0.3, 0.4) is 0 Å². The standard InChI is InChI=1S/C21H19BrN6O2/c22-15-3-1-12(2-4-15)10-23-17-9-18(25-16-5-6-16)28-20(26-17)14(11-24-28)7-13-8-19(29)27-21(13)30/h1-4,7,9,11,16,25H,5-6,8,10H2,(H,23,26)(H,27,29,30)/b13-7+. The molecule has 2 amide bonds. The summed E-state index contributed by atoms with van der Waals surface area (Å²) in [5.74, 6) is 0.905. The van der Waals surface area contributed by atoms with Crippen molar-refractivity contribution in [2.45, 2.75) is 31.8 Å². The van der Waals surface area contributed by atoms with Crippen molar-refractivity contribution in [3.63, 3.8) is 0 Å². The van der Waals surface area contributed by atoms with Crippen LogP contribution in [0, 0.1) is 0 Å². The minimum atomic E-state index is -0.361. The minimum Gasteiger partial charge on any atom is -0.367 e. The van der Waals surface area contributed by atoms with Crippen molar-refractivity contribution in [1.29, 1.82) is 0 Å². The quantitative estimate of drug-likeness (QED) is 0.381. The Balaban J connectivity index is 1.49. The van der Waals surface area contributed by atoms with E-state index >= 15 is 0 Å². The number of fused-ring (bicyclic) bond motifs is 1. The van der Waals surface area contributed by atoms with E-state index in [9.17, 15) is 9.59 Å². The number of carbonyl (C=O) groups excluding carboxylic acids is 2. The van der Waals surface area contributed by atoms with Gasteiger partial charge in [-0.1, -0.05) is 28.1 Å². The molecular weight excluding hydrogens is 448 g/mol. The first-order chi connectivity index (χ1) is 14.5. The van der Waals surface area contributed by atoms with Gasteiger partial charge in [-0.15, -0.1) is 0 Å². The lowest BCUT2D eigenvalue weighted by Crippen LogP contribution is -2.19. The largest absolute Gasteiger partial charge is 0.367 e. The summed E-state index contributed by atoms with van der Waals surface area (Å²) in [4.78, 5) is 28.2.